The summed E-state index contributed by atoms with van der Waals surface area (Å²) in [6, 6.07) is 11.4. The zero-order valence-electron chi connectivity index (χ0n) is 46.7. The molecule has 28 heteroatoms. The number of carbonyl (C=O) groups is 2. The number of benzene rings is 2. The molecule has 8 heterocycles. The fourth-order valence-corrected chi connectivity index (χ4v) is 8.96. The third-order valence-electron chi connectivity index (χ3n) is 12.7. The van der Waals surface area contributed by atoms with Gasteiger partial charge >= 0.3 is 12.2 Å². The normalized spacial score (nSPS) is 15.1. The van der Waals surface area contributed by atoms with Gasteiger partial charge in [0, 0.05) is 61.4 Å². The molecule has 3 aliphatic rings. The third-order valence-corrected chi connectivity index (χ3v) is 13.4. The van der Waals surface area contributed by atoms with E-state index in [2.05, 4.69) is 71.6 Å². The van der Waals surface area contributed by atoms with E-state index >= 15 is 0 Å². The molecule has 0 aliphatic carbocycles. The Kier molecular flexibility index (Phi) is 24.1. The number of rotatable bonds is 9. The number of hydrogen-bond acceptors (Lipinski definition) is 18. The summed E-state index contributed by atoms with van der Waals surface area (Å²) >= 11 is 16.2. The first-order valence-corrected chi connectivity index (χ1v) is 27.9. The summed E-state index contributed by atoms with van der Waals surface area (Å²) in [7, 11) is 0. The van der Waals surface area contributed by atoms with E-state index in [-0.39, 0.29) is 27.6 Å². The Balaban J connectivity index is 0.000000174. The van der Waals surface area contributed by atoms with Crippen molar-refractivity contribution in [3.63, 3.8) is 0 Å². The molecular formula is C54H72Cl3F3N18O4. The van der Waals surface area contributed by atoms with Gasteiger partial charge in [0.05, 0.1) is 42.0 Å². The number of amides is 2. The van der Waals surface area contributed by atoms with Crippen molar-refractivity contribution in [2.24, 2.45) is 23.5 Å². The van der Waals surface area contributed by atoms with E-state index in [1.807, 2.05) is 87.7 Å². The predicted octanol–water partition coefficient (Wildman–Crippen LogP) is 10.00. The monoisotopic (exact) mass is 1200 g/mol. The van der Waals surface area contributed by atoms with E-state index in [0.29, 0.717) is 55.7 Å². The number of nitrogen functional groups attached to an aromatic ring is 1. The zero-order valence-corrected chi connectivity index (χ0v) is 49.0. The predicted molar refractivity (Wildman–Crippen MR) is 314 cm³/mol. The molecule has 10 rings (SSSR count). The molecule has 444 valence electrons. The fraction of sp³-hybridized carbons (Fsp3) is 0.481. The van der Waals surface area contributed by atoms with E-state index in [1.165, 1.54) is 6.20 Å². The number of nitrogens with zero attached hydrogens (tertiary/aromatic N) is 10. The summed E-state index contributed by atoms with van der Waals surface area (Å²) in [6.45, 7) is 18.0. The molecular weight excluding hydrogens is 1130 g/mol. The first-order valence-electron chi connectivity index (χ1n) is 26.8. The van der Waals surface area contributed by atoms with Crippen LogP contribution in [-0.4, -0.2) is 133 Å². The van der Waals surface area contributed by atoms with E-state index in [9.17, 15) is 22.8 Å². The number of piperidine rings is 3. The van der Waals surface area contributed by atoms with Crippen molar-refractivity contribution in [3.8, 4) is 0 Å². The molecule has 3 fully saturated rings. The van der Waals surface area contributed by atoms with Crippen molar-refractivity contribution in [2.45, 2.75) is 91.3 Å². The van der Waals surface area contributed by atoms with Crippen LogP contribution in [0.2, 0.25) is 15.7 Å². The van der Waals surface area contributed by atoms with Crippen LogP contribution in [0.5, 0.6) is 0 Å². The van der Waals surface area contributed by atoms with Gasteiger partial charge in [-0.1, -0.05) is 11.6 Å². The Bertz CT molecular complexity index is 3130. The van der Waals surface area contributed by atoms with E-state index < -0.39 is 34.7 Å². The highest BCUT2D eigenvalue weighted by molar-refractivity contribution is 6.31. The summed E-state index contributed by atoms with van der Waals surface area (Å²) in [5, 5.41) is 27.5. The molecule has 7 aromatic rings. The Hall–Kier alpha value is -7.06. The number of nitrogens with one attached hydrogen (secondary N) is 6. The van der Waals surface area contributed by atoms with Crippen LogP contribution >= 0.6 is 34.8 Å². The number of fused-ring (bicyclic) bond motifs is 2. The van der Waals surface area contributed by atoms with Crippen LogP contribution in [0.1, 0.15) is 80.1 Å². The number of aromatic amines is 2. The summed E-state index contributed by atoms with van der Waals surface area (Å²) in [5.74, 6) is 0.856. The standard InChI is InChI=1S/C17H20FN7.C15H22ClFN4O2.C11H22N2O2.C7H7N3.C4HCl2FN2/c18-14-10-20-17(22-13-2-1-12-9-21-24-15(12)7-13)23-16(14)25-5-3-11(8-19)4-6-25;1-15(2,3)23-14(22)19-8-10-4-6-21(7-5-10)12-11(17)9-18-13(16)20-12;1-11(2,3)15-10(14)13-8-9-4-6-12-7-5-9;8-6-2-1-5-4-9-10-7(5)3-6;5-3-2(7)1-8-4(6)9-3/h1-2,7,9-11H,3-6,8,19H2,(H,21,24)(H,20,22,23);9-10H,4-8H2,1-3H3,(H,19,22);9,12H,4-8H2,1-3H3,(H,13,14);1-4H,8H2,(H,9,10);1H. The molecule has 0 bridgehead atoms. The van der Waals surface area contributed by atoms with Gasteiger partial charge in [-0.3, -0.25) is 10.2 Å². The molecule has 5 aromatic heterocycles. The van der Waals surface area contributed by atoms with Gasteiger partial charge in [0.25, 0.3) is 0 Å². The van der Waals surface area contributed by atoms with E-state index in [0.717, 1.165) is 117 Å². The van der Waals surface area contributed by atoms with Gasteiger partial charge in [-0.05, 0) is 177 Å². The van der Waals surface area contributed by atoms with Gasteiger partial charge in [-0.25, -0.2) is 42.7 Å². The van der Waals surface area contributed by atoms with Crippen molar-refractivity contribution in [3.05, 3.63) is 101 Å². The van der Waals surface area contributed by atoms with E-state index in [4.69, 9.17) is 55.7 Å². The Morgan fingerprint density at radius 2 is 1.11 bits per heavy atom. The molecule has 10 N–H and O–H groups in total. The minimum atomic E-state index is -0.666. The van der Waals surface area contributed by atoms with Gasteiger partial charge < -0.3 is 52.0 Å². The van der Waals surface area contributed by atoms with Gasteiger partial charge in [-0.15, -0.1) is 0 Å². The number of ether oxygens (including phenoxy) is 2. The SMILES string of the molecule is CC(C)(C)OC(=O)NCC1CCN(c2nc(Cl)ncc2F)CC1.CC(C)(C)OC(=O)NCC1CCNCC1.Fc1cnc(Cl)nc1Cl.NCC1CCN(c2nc(Nc3ccc4cn[nH]c4c3)ncc2F)CC1.Nc1ccc2cn[nH]c2c1. The highest BCUT2D eigenvalue weighted by Crippen LogP contribution is 2.27. The highest BCUT2D eigenvalue weighted by atomic mass is 35.5. The molecule has 22 nitrogen and oxygen atoms in total. The van der Waals surface area contributed by atoms with Crippen molar-refractivity contribution >= 4 is 97.8 Å². The number of alkyl carbamates (subject to hydrolysis) is 2. The molecule has 2 amide bonds. The maximum atomic E-state index is 14.2. The lowest BCUT2D eigenvalue weighted by molar-refractivity contribution is 0.0505. The molecule has 0 spiro atoms. The first-order chi connectivity index (χ1) is 39.0. The quantitative estimate of drug-likeness (QED) is 0.0379. The minimum Gasteiger partial charge on any atom is -0.444 e. The maximum Gasteiger partial charge on any atom is 0.407 e. The number of hydrogen-bond donors (Lipinski definition) is 8. The Labute approximate surface area is 489 Å². The second-order valence-corrected chi connectivity index (χ2v) is 22.6. The van der Waals surface area contributed by atoms with Gasteiger partial charge in [0.2, 0.25) is 16.5 Å². The van der Waals surface area contributed by atoms with E-state index in [1.54, 1.807) is 12.4 Å². The van der Waals surface area contributed by atoms with Crippen LogP contribution in [0.25, 0.3) is 21.8 Å². The largest absolute Gasteiger partial charge is 0.444 e. The first kappa shape index (κ1) is 64.1. The molecule has 0 atom stereocenters. The van der Waals surface area contributed by atoms with Crippen molar-refractivity contribution < 1.29 is 32.2 Å². The number of H-pyrrole nitrogens is 2. The Morgan fingerprint density at radius 1 is 0.634 bits per heavy atom. The molecule has 0 saturated carbocycles. The molecule has 3 saturated heterocycles. The number of anilines is 5. The number of nitrogens with two attached hydrogens (primary N) is 2. The van der Waals surface area contributed by atoms with Crippen LogP contribution in [0.4, 0.5) is 51.7 Å². The zero-order chi connectivity index (χ0) is 59.4. The highest BCUT2D eigenvalue weighted by Gasteiger charge is 2.26. The summed E-state index contributed by atoms with van der Waals surface area (Å²) < 4.78 is 50.5. The van der Waals surface area contributed by atoms with Crippen molar-refractivity contribution in [1.29, 1.82) is 0 Å². The maximum absolute atomic E-state index is 14.2. The van der Waals surface area contributed by atoms with Crippen molar-refractivity contribution in [2.75, 3.05) is 79.8 Å². The van der Waals surface area contributed by atoms with Crippen LogP contribution < -0.4 is 42.5 Å². The molecule has 0 unspecified atom stereocenters. The second kappa shape index (κ2) is 30.8. The fourth-order valence-electron chi connectivity index (χ4n) is 8.52. The smallest absolute Gasteiger partial charge is 0.407 e. The van der Waals surface area contributed by atoms with Gasteiger partial charge in [0.15, 0.2) is 34.2 Å². The van der Waals surface area contributed by atoms with Gasteiger partial charge in [-0.2, -0.15) is 20.2 Å². The summed E-state index contributed by atoms with van der Waals surface area (Å²) in [5.41, 5.74) is 13.8. The molecule has 2 aromatic carbocycles. The average Bonchev–Trinajstić information content (AvgIpc) is 4.25. The Morgan fingerprint density at radius 3 is 1.63 bits per heavy atom. The van der Waals surface area contributed by atoms with Gasteiger partial charge in [0.1, 0.15) is 11.2 Å². The number of carbonyl (C=O) groups excluding carboxylic acids is 2. The summed E-state index contributed by atoms with van der Waals surface area (Å²) in [6.07, 6.45) is 11.9. The topological polar surface area (TPSA) is 294 Å². The lowest BCUT2D eigenvalue weighted by Gasteiger charge is -2.33. The average molecular weight is 1200 g/mol. The minimum absolute atomic E-state index is 0.0371. The van der Waals surface area contributed by atoms with Crippen LogP contribution in [0.15, 0.2) is 67.4 Å². The van der Waals surface area contributed by atoms with Crippen LogP contribution in [-0.2, 0) is 9.47 Å². The molecule has 3 aliphatic heterocycles. The second-order valence-electron chi connectivity index (χ2n) is 21.5. The summed E-state index contributed by atoms with van der Waals surface area (Å²) in [4.78, 5) is 49.5. The number of halogens is 6. The lowest BCUT2D eigenvalue weighted by atomic mass is 9.97. The van der Waals surface area contributed by atoms with Crippen LogP contribution in [0.3, 0.4) is 0 Å². The third kappa shape index (κ3) is 21.7. The van der Waals surface area contributed by atoms with Crippen molar-refractivity contribution in [1.82, 2.24) is 66.2 Å². The number of aromatic nitrogens is 10. The lowest BCUT2D eigenvalue weighted by Crippen LogP contribution is -2.40. The van der Waals surface area contributed by atoms with Crippen LogP contribution in [0, 0.1) is 35.2 Å². The molecule has 0 radical (unpaired) electrons. The molecule has 82 heavy (non-hydrogen) atoms.